The van der Waals surface area contributed by atoms with Crippen molar-refractivity contribution in [1.29, 1.82) is 5.26 Å². The Morgan fingerprint density at radius 2 is 1.63 bits per heavy atom. The first-order valence-electron chi connectivity index (χ1n) is 6.00. The average molecular weight is 249 g/mol. The third kappa shape index (κ3) is 3.43. The number of anilines is 1. The summed E-state index contributed by atoms with van der Waals surface area (Å²) in [6, 6.07) is 17.5. The number of rotatable bonds is 3. The fourth-order valence-electron chi connectivity index (χ4n) is 1.63. The Hall–Kier alpha value is -2.60. The van der Waals surface area contributed by atoms with E-state index in [4.69, 9.17) is 5.26 Å². The fourth-order valence-corrected chi connectivity index (χ4v) is 1.63. The van der Waals surface area contributed by atoms with Gasteiger partial charge in [-0.05, 0) is 42.0 Å². The summed E-state index contributed by atoms with van der Waals surface area (Å²) in [6.45, 7) is 0. The number of benzene rings is 2. The number of nitrogens with zero attached hydrogens (tertiary/aromatic N) is 3. The molecule has 0 radical (unpaired) electrons. The van der Waals surface area contributed by atoms with E-state index < -0.39 is 0 Å². The van der Waals surface area contributed by atoms with Gasteiger partial charge >= 0.3 is 0 Å². The molecule has 0 saturated heterocycles. The Morgan fingerprint density at radius 1 is 1.00 bits per heavy atom. The van der Waals surface area contributed by atoms with Gasteiger partial charge in [0.05, 0.1) is 17.3 Å². The molecule has 0 atom stereocenters. The molecule has 0 aromatic heterocycles. The smallest absolute Gasteiger partial charge is 0.0991 e. The Labute approximate surface area is 113 Å². The Morgan fingerprint density at radius 3 is 2.16 bits per heavy atom. The second kappa shape index (κ2) is 5.83. The molecule has 0 spiro atoms. The first-order valence-corrected chi connectivity index (χ1v) is 6.00. The quantitative estimate of drug-likeness (QED) is 0.782. The largest absolute Gasteiger partial charge is 0.378 e. The van der Waals surface area contributed by atoms with Crippen LogP contribution in [0.5, 0.6) is 0 Å². The molecule has 0 unspecified atom stereocenters. The zero-order valence-corrected chi connectivity index (χ0v) is 11.0. The lowest BCUT2D eigenvalue weighted by molar-refractivity contribution is 1.13. The standard InChI is InChI=1S/C16H15N3/c1-19(2)16-9-7-15(8-10-16)18-12-14-5-3-13(11-17)4-6-14/h3-10,12H,1-2H3. The van der Waals surface area contributed by atoms with Gasteiger partial charge in [-0.15, -0.1) is 0 Å². The van der Waals surface area contributed by atoms with Crippen LogP contribution >= 0.6 is 0 Å². The van der Waals surface area contributed by atoms with Crippen LogP contribution in [0.4, 0.5) is 11.4 Å². The van der Waals surface area contributed by atoms with E-state index in [2.05, 4.69) is 11.1 Å². The van der Waals surface area contributed by atoms with E-state index in [9.17, 15) is 0 Å². The van der Waals surface area contributed by atoms with Gasteiger partial charge in [0, 0.05) is 26.0 Å². The average Bonchev–Trinajstić information content (AvgIpc) is 2.46. The highest BCUT2D eigenvalue weighted by atomic mass is 15.1. The fraction of sp³-hybridized carbons (Fsp3) is 0.125. The molecule has 0 N–H and O–H groups in total. The highest BCUT2D eigenvalue weighted by molar-refractivity contribution is 5.82. The number of aliphatic imine (C=N–C) groups is 1. The van der Waals surface area contributed by atoms with Crippen LogP contribution in [-0.4, -0.2) is 20.3 Å². The minimum atomic E-state index is 0.660. The first-order chi connectivity index (χ1) is 9.19. The minimum absolute atomic E-state index is 0.660. The van der Waals surface area contributed by atoms with E-state index in [1.807, 2.05) is 55.4 Å². The van der Waals surface area contributed by atoms with Crippen LogP contribution in [0.1, 0.15) is 11.1 Å². The van der Waals surface area contributed by atoms with E-state index in [0.29, 0.717) is 5.56 Å². The summed E-state index contributed by atoms with van der Waals surface area (Å²) in [7, 11) is 4.02. The van der Waals surface area contributed by atoms with Crippen LogP contribution in [0, 0.1) is 11.3 Å². The lowest BCUT2D eigenvalue weighted by atomic mass is 10.2. The highest BCUT2D eigenvalue weighted by Gasteiger charge is 1.94. The Kier molecular flexibility index (Phi) is 3.94. The van der Waals surface area contributed by atoms with Crippen LogP contribution in [0.15, 0.2) is 53.5 Å². The van der Waals surface area contributed by atoms with E-state index in [0.717, 1.165) is 16.9 Å². The summed E-state index contributed by atoms with van der Waals surface area (Å²) >= 11 is 0. The molecule has 2 aromatic rings. The van der Waals surface area contributed by atoms with E-state index in [1.54, 1.807) is 18.3 Å². The summed E-state index contributed by atoms with van der Waals surface area (Å²) < 4.78 is 0. The molecule has 0 saturated carbocycles. The van der Waals surface area contributed by atoms with Crippen molar-refractivity contribution in [2.75, 3.05) is 19.0 Å². The summed E-state index contributed by atoms with van der Waals surface area (Å²) in [4.78, 5) is 6.46. The zero-order valence-electron chi connectivity index (χ0n) is 11.0. The van der Waals surface area contributed by atoms with E-state index in [-0.39, 0.29) is 0 Å². The number of hydrogen-bond donors (Lipinski definition) is 0. The Bertz CT molecular complexity index is 602. The molecule has 0 aliphatic heterocycles. The molecule has 2 aromatic carbocycles. The third-order valence-corrected chi connectivity index (χ3v) is 2.77. The van der Waals surface area contributed by atoms with Gasteiger partial charge in [0.15, 0.2) is 0 Å². The van der Waals surface area contributed by atoms with Crippen molar-refractivity contribution < 1.29 is 0 Å². The van der Waals surface area contributed by atoms with Crippen molar-refractivity contribution in [3.63, 3.8) is 0 Å². The maximum Gasteiger partial charge on any atom is 0.0991 e. The topological polar surface area (TPSA) is 39.4 Å². The lowest BCUT2D eigenvalue weighted by Crippen LogP contribution is -2.07. The molecule has 0 amide bonds. The molecule has 0 aliphatic rings. The predicted octanol–water partition coefficient (Wildman–Crippen LogP) is 3.37. The molecule has 2 rings (SSSR count). The van der Waals surface area contributed by atoms with Crippen LogP contribution in [0.25, 0.3) is 0 Å². The van der Waals surface area contributed by atoms with Gasteiger partial charge in [-0.25, -0.2) is 0 Å². The van der Waals surface area contributed by atoms with Crippen molar-refractivity contribution >= 4 is 17.6 Å². The molecule has 3 nitrogen and oxygen atoms in total. The van der Waals surface area contributed by atoms with Crippen molar-refractivity contribution in [3.8, 4) is 6.07 Å². The van der Waals surface area contributed by atoms with Crippen molar-refractivity contribution in [2.45, 2.75) is 0 Å². The molecule has 0 heterocycles. The zero-order chi connectivity index (χ0) is 13.7. The number of nitriles is 1. The molecule has 3 heteroatoms. The van der Waals surface area contributed by atoms with Crippen LogP contribution in [0.2, 0.25) is 0 Å². The molecule has 0 fully saturated rings. The second-order valence-electron chi connectivity index (χ2n) is 4.40. The summed E-state index contributed by atoms with van der Waals surface area (Å²) in [5, 5.41) is 8.72. The number of hydrogen-bond acceptors (Lipinski definition) is 3. The van der Waals surface area contributed by atoms with Crippen LogP contribution in [0.3, 0.4) is 0 Å². The van der Waals surface area contributed by atoms with E-state index >= 15 is 0 Å². The normalized spacial score (nSPS) is 10.4. The molecule has 94 valence electrons. The molecule has 0 aliphatic carbocycles. The highest BCUT2D eigenvalue weighted by Crippen LogP contribution is 2.18. The van der Waals surface area contributed by atoms with Crippen molar-refractivity contribution in [3.05, 3.63) is 59.7 Å². The van der Waals surface area contributed by atoms with Gasteiger partial charge in [0.2, 0.25) is 0 Å². The van der Waals surface area contributed by atoms with Gasteiger partial charge in [-0.3, -0.25) is 4.99 Å². The van der Waals surface area contributed by atoms with Gasteiger partial charge in [-0.1, -0.05) is 12.1 Å². The minimum Gasteiger partial charge on any atom is -0.378 e. The summed E-state index contributed by atoms with van der Waals surface area (Å²) in [5.74, 6) is 0. The SMILES string of the molecule is CN(C)c1ccc(N=Cc2ccc(C#N)cc2)cc1. The summed E-state index contributed by atoms with van der Waals surface area (Å²) in [6.07, 6.45) is 1.80. The maximum absolute atomic E-state index is 8.72. The van der Waals surface area contributed by atoms with E-state index in [1.165, 1.54) is 0 Å². The second-order valence-corrected chi connectivity index (χ2v) is 4.40. The third-order valence-electron chi connectivity index (χ3n) is 2.77. The predicted molar refractivity (Wildman–Crippen MR) is 79.2 cm³/mol. The lowest BCUT2D eigenvalue weighted by Gasteiger charge is -2.11. The van der Waals surface area contributed by atoms with Crippen molar-refractivity contribution in [2.24, 2.45) is 4.99 Å². The molecular formula is C16H15N3. The molecular weight excluding hydrogens is 234 g/mol. The molecule has 0 bridgehead atoms. The van der Waals surface area contributed by atoms with Crippen LogP contribution < -0.4 is 4.90 Å². The summed E-state index contributed by atoms with van der Waals surface area (Å²) in [5.41, 5.74) is 3.70. The van der Waals surface area contributed by atoms with Gasteiger partial charge < -0.3 is 4.90 Å². The maximum atomic E-state index is 8.72. The van der Waals surface area contributed by atoms with Gasteiger partial charge in [0.25, 0.3) is 0 Å². The Balaban J connectivity index is 2.11. The first kappa shape index (κ1) is 12.8. The monoisotopic (exact) mass is 249 g/mol. The van der Waals surface area contributed by atoms with Crippen LogP contribution in [-0.2, 0) is 0 Å². The van der Waals surface area contributed by atoms with Crippen molar-refractivity contribution in [1.82, 2.24) is 0 Å². The molecule has 19 heavy (non-hydrogen) atoms. The van der Waals surface area contributed by atoms with Gasteiger partial charge in [0.1, 0.15) is 0 Å². The van der Waals surface area contributed by atoms with Gasteiger partial charge in [-0.2, -0.15) is 5.26 Å².